The van der Waals surface area contributed by atoms with Crippen molar-refractivity contribution in [2.45, 2.75) is 57.9 Å². The van der Waals surface area contributed by atoms with Gasteiger partial charge < -0.3 is 10.2 Å². The van der Waals surface area contributed by atoms with Gasteiger partial charge in [-0.2, -0.15) is 0 Å². The molecule has 0 aromatic heterocycles. The van der Waals surface area contributed by atoms with Crippen molar-refractivity contribution in [2.24, 2.45) is 17.8 Å². The highest BCUT2D eigenvalue weighted by atomic mass is 16.2. The van der Waals surface area contributed by atoms with Gasteiger partial charge in [0, 0.05) is 25.6 Å². The van der Waals surface area contributed by atoms with Crippen molar-refractivity contribution in [3.8, 4) is 0 Å². The second kappa shape index (κ2) is 5.82. The average Bonchev–Trinajstić information content (AvgIpc) is 3.02. The van der Waals surface area contributed by atoms with Gasteiger partial charge in [-0.3, -0.25) is 4.79 Å². The maximum Gasteiger partial charge on any atom is 0.222 e. The first-order chi connectivity index (χ1) is 9.26. The highest BCUT2D eigenvalue weighted by Gasteiger charge is 2.40. The van der Waals surface area contributed by atoms with Gasteiger partial charge in [-0.25, -0.2) is 0 Å². The first-order valence-corrected chi connectivity index (χ1v) is 8.27. The van der Waals surface area contributed by atoms with E-state index in [9.17, 15) is 4.79 Å². The number of hydrogen-bond acceptors (Lipinski definition) is 2. The summed E-state index contributed by atoms with van der Waals surface area (Å²) in [6.07, 6.45) is 8.80. The van der Waals surface area contributed by atoms with Crippen LogP contribution in [0.2, 0.25) is 0 Å². The molecule has 2 bridgehead atoms. The highest BCUT2D eigenvalue weighted by Crippen LogP contribution is 2.49. The molecule has 19 heavy (non-hydrogen) atoms. The lowest BCUT2D eigenvalue weighted by molar-refractivity contribution is -0.134. The molecule has 108 valence electrons. The average molecular weight is 264 g/mol. The fourth-order valence-corrected chi connectivity index (χ4v) is 4.64. The number of nitrogens with zero attached hydrogens (tertiary/aromatic N) is 1. The van der Waals surface area contributed by atoms with Crippen LogP contribution >= 0.6 is 0 Å². The smallest absolute Gasteiger partial charge is 0.222 e. The normalized spacial score (nSPS) is 37.8. The van der Waals surface area contributed by atoms with Gasteiger partial charge in [-0.05, 0) is 56.4 Å². The van der Waals surface area contributed by atoms with Gasteiger partial charge in [0.25, 0.3) is 0 Å². The summed E-state index contributed by atoms with van der Waals surface area (Å²) in [7, 11) is 0. The molecule has 1 saturated heterocycles. The van der Waals surface area contributed by atoms with Crippen molar-refractivity contribution in [3.63, 3.8) is 0 Å². The number of carbonyl (C=O) groups is 1. The Morgan fingerprint density at radius 2 is 2.16 bits per heavy atom. The quantitative estimate of drug-likeness (QED) is 0.845. The van der Waals surface area contributed by atoms with Gasteiger partial charge >= 0.3 is 0 Å². The lowest BCUT2D eigenvalue weighted by atomic mass is 9.86. The molecule has 4 unspecified atom stereocenters. The number of amides is 1. The first-order valence-electron chi connectivity index (χ1n) is 8.27. The van der Waals surface area contributed by atoms with Crippen molar-refractivity contribution in [3.05, 3.63) is 0 Å². The van der Waals surface area contributed by atoms with Gasteiger partial charge in [0.05, 0.1) is 0 Å². The third kappa shape index (κ3) is 2.96. The Morgan fingerprint density at radius 1 is 1.26 bits per heavy atom. The van der Waals surface area contributed by atoms with Crippen LogP contribution in [0.1, 0.15) is 51.9 Å². The number of likely N-dealkylation sites (tertiary alicyclic amines) is 1. The Balaban J connectivity index is 1.49. The zero-order valence-electron chi connectivity index (χ0n) is 12.2. The Kier molecular flexibility index (Phi) is 4.11. The molecule has 3 nitrogen and oxygen atoms in total. The topological polar surface area (TPSA) is 32.3 Å². The summed E-state index contributed by atoms with van der Waals surface area (Å²) in [5.74, 6) is 2.98. The molecule has 2 aliphatic carbocycles. The number of hydrogen-bond donors (Lipinski definition) is 1. The molecule has 3 rings (SSSR count). The minimum atomic E-state index is 0.431. The molecule has 2 saturated carbocycles. The molecule has 1 N–H and O–H groups in total. The molecule has 3 heteroatoms. The van der Waals surface area contributed by atoms with Gasteiger partial charge in [-0.15, -0.1) is 0 Å². The van der Waals surface area contributed by atoms with E-state index in [2.05, 4.69) is 17.1 Å². The second-order valence-corrected chi connectivity index (χ2v) is 6.88. The molecule has 0 radical (unpaired) electrons. The zero-order valence-corrected chi connectivity index (χ0v) is 12.2. The van der Waals surface area contributed by atoms with E-state index in [1.807, 2.05) is 0 Å². The summed E-state index contributed by atoms with van der Waals surface area (Å²) in [4.78, 5) is 14.6. The Bertz CT molecular complexity index is 329. The molecule has 0 spiro atoms. The SMILES string of the molecule is CCNC1CCCN(C(=O)CC2CC3CCC2C3)C1. The fraction of sp³-hybridized carbons (Fsp3) is 0.938. The maximum absolute atomic E-state index is 12.5. The van der Waals surface area contributed by atoms with E-state index in [-0.39, 0.29) is 0 Å². The number of piperidine rings is 1. The minimum Gasteiger partial charge on any atom is -0.341 e. The third-order valence-corrected chi connectivity index (χ3v) is 5.59. The van der Waals surface area contributed by atoms with Crippen molar-refractivity contribution < 1.29 is 4.79 Å². The van der Waals surface area contributed by atoms with E-state index < -0.39 is 0 Å². The van der Waals surface area contributed by atoms with Crippen LogP contribution in [0.4, 0.5) is 0 Å². The lowest BCUT2D eigenvalue weighted by Gasteiger charge is -2.34. The molecule has 1 amide bonds. The second-order valence-electron chi connectivity index (χ2n) is 6.88. The summed E-state index contributed by atoms with van der Waals surface area (Å²) < 4.78 is 0. The van der Waals surface area contributed by atoms with Crippen LogP contribution in [0.3, 0.4) is 0 Å². The fourth-order valence-electron chi connectivity index (χ4n) is 4.64. The van der Waals surface area contributed by atoms with Crippen LogP contribution in [0.15, 0.2) is 0 Å². The molecule has 3 fully saturated rings. The van der Waals surface area contributed by atoms with Crippen molar-refractivity contribution >= 4 is 5.91 Å². The largest absolute Gasteiger partial charge is 0.341 e. The number of likely N-dealkylation sites (N-methyl/N-ethyl adjacent to an activating group) is 1. The molecule has 0 aromatic rings. The summed E-state index contributed by atoms with van der Waals surface area (Å²) in [5.41, 5.74) is 0. The number of fused-ring (bicyclic) bond motifs is 2. The molecule has 1 heterocycles. The van der Waals surface area contributed by atoms with E-state index in [0.29, 0.717) is 17.9 Å². The summed E-state index contributed by atoms with van der Waals surface area (Å²) in [6.45, 7) is 5.09. The van der Waals surface area contributed by atoms with Crippen LogP contribution in [0, 0.1) is 17.8 Å². The summed E-state index contributed by atoms with van der Waals surface area (Å²) in [5, 5.41) is 3.50. The maximum atomic E-state index is 12.5. The molecular formula is C16H28N2O. The number of rotatable bonds is 4. The monoisotopic (exact) mass is 264 g/mol. The Hall–Kier alpha value is -0.570. The molecule has 1 aliphatic heterocycles. The van der Waals surface area contributed by atoms with Gasteiger partial charge in [0.1, 0.15) is 0 Å². The standard InChI is InChI=1S/C16H28N2O/c1-2-17-15-4-3-7-18(11-15)16(19)10-14-9-12-5-6-13(14)8-12/h12-15,17H,2-11H2,1H3. The predicted molar refractivity (Wildman–Crippen MR) is 76.8 cm³/mol. The molecule has 3 aliphatic rings. The van der Waals surface area contributed by atoms with E-state index in [4.69, 9.17) is 0 Å². The van der Waals surface area contributed by atoms with Gasteiger partial charge in [-0.1, -0.05) is 13.3 Å². The Morgan fingerprint density at radius 3 is 2.84 bits per heavy atom. The predicted octanol–water partition coefficient (Wildman–Crippen LogP) is 2.41. The Labute approximate surface area is 117 Å². The van der Waals surface area contributed by atoms with Crippen LogP contribution in [-0.4, -0.2) is 36.5 Å². The molecule has 0 aromatic carbocycles. The lowest BCUT2D eigenvalue weighted by Crippen LogP contribution is -2.48. The highest BCUT2D eigenvalue weighted by molar-refractivity contribution is 5.76. The zero-order chi connectivity index (χ0) is 13.2. The van der Waals surface area contributed by atoms with E-state index >= 15 is 0 Å². The van der Waals surface area contributed by atoms with E-state index in [0.717, 1.165) is 37.9 Å². The molecule has 4 atom stereocenters. The van der Waals surface area contributed by atoms with E-state index in [1.54, 1.807) is 0 Å². The van der Waals surface area contributed by atoms with Crippen LogP contribution < -0.4 is 5.32 Å². The van der Waals surface area contributed by atoms with Crippen LogP contribution in [0.25, 0.3) is 0 Å². The van der Waals surface area contributed by atoms with Crippen LogP contribution in [-0.2, 0) is 4.79 Å². The summed E-state index contributed by atoms with van der Waals surface area (Å²) in [6, 6.07) is 0.530. The van der Waals surface area contributed by atoms with Crippen LogP contribution in [0.5, 0.6) is 0 Å². The van der Waals surface area contributed by atoms with Gasteiger partial charge in [0.2, 0.25) is 5.91 Å². The van der Waals surface area contributed by atoms with Crippen molar-refractivity contribution in [1.82, 2.24) is 10.2 Å². The first kappa shape index (κ1) is 13.4. The van der Waals surface area contributed by atoms with Crippen molar-refractivity contribution in [2.75, 3.05) is 19.6 Å². The van der Waals surface area contributed by atoms with E-state index in [1.165, 1.54) is 38.5 Å². The minimum absolute atomic E-state index is 0.431. The number of carbonyl (C=O) groups excluding carboxylic acids is 1. The van der Waals surface area contributed by atoms with Crippen molar-refractivity contribution in [1.29, 1.82) is 0 Å². The summed E-state index contributed by atoms with van der Waals surface area (Å²) >= 11 is 0. The third-order valence-electron chi connectivity index (χ3n) is 5.59. The number of nitrogens with one attached hydrogen (secondary N) is 1. The van der Waals surface area contributed by atoms with Gasteiger partial charge in [0.15, 0.2) is 0 Å². The molecular weight excluding hydrogens is 236 g/mol.